The van der Waals surface area contributed by atoms with Gasteiger partial charge in [-0.25, -0.2) is 0 Å². The smallest absolute Gasteiger partial charge is 0.306 e. The zero-order valence-electron chi connectivity index (χ0n) is 6.32. The highest BCUT2D eigenvalue weighted by atomic mass is 16.5. The van der Waals surface area contributed by atoms with Gasteiger partial charge in [-0.05, 0) is 6.92 Å². The van der Waals surface area contributed by atoms with Crippen molar-refractivity contribution in [2.24, 2.45) is 5.18 Å². The molecule has 0 spiro atoms. The number of carbonyl (C=O) groups is 1. The highest BCUT2D eigenvalue weighted by molar-refractivity contribution is 5.67. The third kappa shape index (κ3) is 5.47. The first kappa shape index (κ1) is 10.0. The van der Waals surface area contributed by atoms with Gasteiger partial charge in [-0.3, -0.25) is 4.79 Å². The Kier molecular flexibility index (Phi) is 5.28. The second kappa shape index (κ2) is 5.79. The van der Waals surface area contributed by atoms with Crippen molar-refractivity contribution in [1.29, 1.82) is 0 Å². The normalized spacial score (nSPS) is 12.5. The molecule has 11 heavy (non-hydrogen) atoms. The van der Waals surface area contributed by atoms with Gasteiger partial charge >= 0.3 is 5.97 Å². The summed E-state index contributed by atoms with van der Waals surface area (Å²) in [4.78, 5) is 19.9. The van der Waals surface area contributed by atoms with Gasteiger partial charge in [0, 0.05) is 6.61 Å². The third-order valence-corrected chi connectivity index (χ3v) is 1.08. The van der Waals surface area contributed by atoms with Gasteiger partial charge in [0.15, 0.2) is 0 Å². The molecule has 0 heterocycles. The van der Waals surface area contributed by atoms with Gasteiger partial charge < -0.3 is 9.84 Å². The Morgan fingerprint density at radius 2 is 2.36 bits per heavy atom. The van der Waals surface area contributed by atoms with Gasteiger partial charge in [0.2, 0.25) is 0 Å². The van der Waals surface area contributed by atoms with Gasteiger partial charge in [-0.1, -0.05) is 5.18 Å². The fourth-order valence-corrected chi connectivity index (χ4v) is 0.690. The maximum absolute atomic E-state index is 10.1. The number of rotatable bonds is 6. The Labute approximate surface area is 64.3 Å². The number of ether oxygens (including phenoxy) is 1. The molecule has 0 fully saturated rings. The summed E-state index contributed by atoms with van der Waals surface area (Å²) in [7, 11) is 0. The van der Waals surface area contributed by atoms with E-state index >= 15 is 0 Å². The van der Waals surface area contributed by atoms with Crippen molar-refractivity contribution in [2.75, 3.05) is 13.2 Å². The standard InChI is InChI=1S/C6H11NO4/c1-2-11-5(4-7-10)3-6(8)9/h5H,2-4H2,1H3,(H,8,9). The molecule has 0 aromatic heterocycles. The number of hydrogen-bond donors (Lipinski definition) is 1. The molecule has 5 nitrogen and oxygen atoms in total. The molecule has 0 aliphatic rings. The Morgan fingerprint density at radius 3 is 2.73 bits per heavy atom. The zero-order chi connectivity index (χ0) is 8.69. The van der Waals surface area contributed by atoms with Crippen LogP contribution in [0.4, 0.5) is 0 Å². The van der Waals surface area contributed by atoms with Gasteiger partial charge in [0.1, 0.15) is 6.54 Å². The number of nitrogens with zero attached hydrogens (tertiary/aromatic N) is 1. The second-order valence-electron chi connectivity index (χ2n) is 1.99. The van der Waals surface area contributed by atoms with Crippen LogP contribution in [-0.2, 0) is 9.53 Å². The average molecular weight is 161 g/mol. The van der Waals surface area contributed by atoms with Crippen LogP contribution in [0.5, 0.6) is 0 Å². The molecule has 0 aliphatic carbocycles. The van der Waals surface area contributed by atoms with Crippen molar-refractivity contribution in [3.8, 4) is 0 Å². The van der Waals surface area contributed by atoms with Crippen LogP contribution in [0.3, 0.4) is 0 Å². The van der Waals surface area contributed by atoms with Gasteiger partial charge in [0.25, 0.3) is 0 Å². The van der Waals surface area contributed by atoms with E-state index in [1.165, 1.54) is 0 Å². The molecule has 64 valence electrons. The van der Waals surface area contributed by atoms with E-state index in [0.29, 0.717) is 6.61 Å². The van der Waals surface area contributed by atoms with Crippen LogP contribution in [0, 0.1) is 4.91 Å². The molecule has 1 N–H and O–H groups in total. The van der Waals surface area contributed by atoms with E-state index in [2.05, 4.69) is 5.18 Å². The number of aliphatic carboxylic acids is 1. The highest BCUT2D eigenvalue weighted by Gasteiger charge is 2.12. The van der Waals surface area contributed by atoms with Crippen LogP contribution in [0.25, 0.3) is 0 Å². The molecule has 1 unspecified atom stereocenters. The topological polar surface area (TPSA) is 76.0 Å². The van der Waals surface area contributed by atoms with E-state index in [-0.39, 0.29) is 13.0 Å². The molecule has 0 rings (SSSR count). The lowest BCUT2D eigenvalue weighted by molar-refractivity contribution is -0.139. The van der Waals surface area contributed by atoms with Crippen LogP contribution in [-0.4, -0.2) is 30.3 Å². The minimum Gasteiger partial charge on any atom is -0.481 e. The minimum atomic E-state index is -0.980. The van der Waals surface area contributed by atoms with Crippen molar-refractivity contribution in [3.63, 3.8) is 0 Å². The average Bonchev–Trinajstić information content (AvgIpc) is 1.87. The molecule has 0 saturated carbocycles. The van der Waals surface area contributed by atoms with Crippen molar-refractivity contribution >= 4 is 5.97 Å². The van der Waals surface area contributed by atoms with Gasteiger partial charge in [-0.15, -0.1) is 0 Å². The van der Waals surface area contributed by atoms with Crippen LogP contribution in [0.15, 0.2) is 5.18 Å². The summed E-state index contributed by atoms with van der Waals surface area (Å²) in [6, 6.07) is 0. The monoisotopic (exact) mass is 161 g/mol. The zero-order valence-corrected chi connectivity index (χ0v) is 6.32. The van der Waals surface area contributed by atoms with Crippen molar-refractivity contribution in [3.05, 3.63) is 4.91 Å². The van der Waals surface area contributed by atoms with Crippen LogP contribution in [0.2, 0.25) is 0 Å². The lowest BCUT2D eigenvalue weighted by atomic mass is 10.2. The predicted octanol–water partition coefficient (Wildman–Crippen LogP) is 0.633. The summed E-state index contributed by atoms with van der Waals surface area (Å²) >= 11 is 0. The van der Waals surface area contributed by atoms with Crippen molar-refractivity contribution in [2.45, 2.75) is 19.4 Å². The fourth-order valence-electron chi connectivity index (χ4n) is 0.690. The van der Waals surface area contributed by atoms with Crippen LogP contribution >= 0.6 is 0 Å². The summed E-state index contributed by atoms with van der Waals surface area (Å²) in [6.45, 7) is 2.03. The lowest BCUT2D eigenvalue weighted by Gasteiger charge is -2.09. The molecule has 1 atom stereocenters. The molecule has 0 radical (unpaired) electrons. The molecule has 0 aliphatic heterocycles. The summed E-state index contributed by atoms with van der Waals surface area (Å²) in [5, 5.41) is 10.9. The molecule has 0 aromatic rings. The highest BCUT2D eigenvalue weighted by Crippen LogP contribution is 1.98. The first-order chi connectivity index (χ1) is 5.20. The number of nitroso groups, excluding NO2 is 1. The first-order valence-electron chi connectivity index (χ1n) is 3.33. The Morgan fingerprint density at radius 1 is 1.73 bits per heavy atom. The minimum absolute atomic E-state index is 0.0971. The number of carboxylic acid groups (broad SMARTS) is 1. The molecule has 0 bridgehead atoms. The Balaban J connectivity index is 3.67. The number of hydrogen-bond acceptors (Lipinski definition) is 4. The van der Waals surface area contributed by atoms with Crippen molar-refractivity contribution < 1.29 is 14.6 Å². The summed E-state index contributed by atoms with van der Waals surface area (Å²) < 4.78 is 4.92. The van der Waals surface area contributed by atoms with Gasteiger partial charge in [-0.2, -0.15) is 4.91 Å². The van der Waals surface area contributed by atoms with E-state index in [9.17, 15) is 9.70 Å². The van der Waals surface area contributed by atoms with E-state index in [0.717, 1.165) is 0 Å². The summed E-state index contributed by atoms with van der Waals surface area (Å²) in [5.74, 6) is -0.980. The maximum Gasteiger partial charge on any atom is 0.306 e. The lowest BCUT2D eigenvalue weighted by Crippen LogP contribution is -2.20. The van der Waals surface area contributed by atoms with Gasteiger partial charge in [0.05, 0.1) is 12.5 Å². The molecule has 0 aromatic carbocycles. The predicted molar refractivity (Wildman–Crippen MR) is 38.3 cm³/mol. The fraction of sp³-hybridized carbons (Fsp3) is 0.833. The Hall–Kier alpha value is -0.970. The van der Waals surface area contributed by atoms with E-state index in [1.807, 2.05) is 0 Å². The Bertz CT molecular complexity index is 137. The quantitative estimate of drug-likeness (QED) is 0.580. The number of carboxylic acids is 1. The van der Waals surface area contributed by atoms with E-state index in [4.69, 9.17) is 9.84 Å². The second-order valence-corrected chi connectivity index (χ2v) is 1.99. The summed E-state index contributed by atoms with van der Waals surface area (Å²) in [6.07, 6.45) is -0.741. The SMILES string of the molecule is CCOC(CN=O)CC(=O)O. The van der Waals surface area contributed by atoms with E-state index in [1.54, 1.807) is 6.92 Å². The van der Waals surface area contributed by atoms with Crippen LogP contribution < -0.4 is 0 Å². The molecule has 0 saturated heterocycles. The molecule has 5 heteroatoms. The van der Waals surface area contributed by atoms with Crippen LogP contribution in [0.1, 0.15) is 13.3 Å². The van der Waals surface area contributed by atoms with Crippen molar-refractivity contribution in [1.82, 2.24) is 0 Å². The largest absolute Gasteiger partial charge is 0.481 e. The first-order valence-corrected chi connectivity index (χ1v) is 3.33. The molecular formula is C6H11NO4. The third-order valence-electron chi connectivity index (χ3n) is 1.08. The maximum atomic E-state index is 10.1. The molecule has 0 amide bonds. The summed E-state index contributed by atoms with van der Waals surface area (Å²) in [5.41, 5.74) is 0. The van der Waals surface area contributed by atoms with E-state index < -0.39 is 12.1 Å². The molecular weight excluding hydrogens is 150 g/mol.